The highest BCUT2D eigenvalue weighted by Crippen LogP contribution is 2.38. The average Bonchev–Trinajstić information content (AvgIpc) is 2.92. The Hall–Kier alpha value is -0.610. The highest BCUT2D eigenvalue weighted by Gasteiger charge is 2.33. The number of hydrogen-bond donors (Lipinski definition) is 2. The first-order chi connectivity index (χ1) is 8.59. The highest BCUT2D eigenvalue weighted by molar-refractivity contribution is 5.81. The van der Waals surface area contributed by atoms with Gasteiger partial charge in [0.05, 0.1) is 6.61 Å². The van der Waals surface area contributed by atoms with E-state index in [1.165, 1.54) is 25.7 Å². The summed E-state index contributed by atoms with van der Waals surface area (Å²) in [7, 11) is 0. The van der Waals surface area contributed by atoms with Crippen LogP contribution in [0.25, 0.3) is 0 Å². The van der Waals surface area contributed by atoms with Gasteiger partial charge < -0.3 is 15.4 Å². The van der Waals surface area contributed by atoms with E-state index in [-0.39, 0.29) is 17.4 Å². The van der Waals surface area contributed by atoms with E-state index in [0.717, 1.165) is 19.0 Å². The molecule has 1 aliphatic heterocycles. The lowest BCUT2D eigenvalue weighted by Crippen LogP contribution is -2.50. The van der Waals surface area contributed by atoms with E-state index in [1.54, 1.807) is 0 Å². The quantitative estimate of drug-likeness (QED) is 0.795. The molecule has 2 aliphatic rings. The largest absolute Gasteiger partial charge is 0.366 e. The Balaban J connectivity index is 1.77. The van der Waals surface area contributed by atoms with Gasteiger partial charge in [0.1, 0.15) is 6.10 Å². The summed E-state index contributed by atoms with van der Waals surface area (Å²) in [5, 5.41) is 6.25. The Labute approximate surface area is 110 Å². The monoisotopic (exact) mass is 254 g/mol. The van der Waals surface area contributed by atoms with Gasteiger partial charge in [-0.15, -0.1) is 0 Å². The molecule has 0 bridgehead atoms. The molecule has 4 nitrogen and oxygen atoms in total. The van der Waals surface area contributed by atoms with E-state index < -0.39 is 0 Å². The highest BCUT2D eigenvalue weighted by atomic mass is 16.5. The van der Waals surface area contributed by atoms with Crippen LogP contribution in [0.2, 0.25) is 0 Å². The van der Waals surface area contributed by atoms with Gasteiger partial charge in [-0.05, 0) is 24.2 Å². The van der Waals surface area contributed by atoms with Crippen molar-refractivity contribution >= 4 is 5.91 Å². The van der Waals surface area contributed by atoms with Gasteiger partial charge in [0, 0.05) is 19.6 Å². The van der Waals surface area contributed by atoms with Gasteiger partial charge >= 0.3 is 0 Å². The van der Waals surface area contributed by atoms with Crippen molar-refractivity contribution < 1.29 is 9.53 Å². The molecule has 2 rings (SSSR count). The van der Waals surface area contributed by atoms with E-state index in [0.29, 0.717) is 13.2 Å². The first kappa shape index (κ1) is 13.8. The molecule has 1 heterocycles. The lowest BCUT2D eigenvalue weighted by molar-refractivity contribution is -0.134. The van der Waals surface area contributed by atoms with Crippen LogP contribution in [0.15, 0.2) is 0 Å². The molecule has 1 atom stereocenters. The molecule has 0 aromatic heterocycles. The molecule has 0 aromatic rings. The minimum Gasteiger partial charge on any atom is -0.366 e. The topological polar surface area (TPSA) is 50.4 Å². The van der Waals surface area contributed by atoms with Crippen LogP contribution in [0.4, 0.5) is 0 Å². The summed E-state index contributed by atoms with van der Waals surface area (Å²) < 4.78 is 5.46. The molecule has 1 aliphatic carbocycles. The number of morpholine rings is 1. The normalized spacial score (nSPS) is 26.2. The second kappa shape index (κ2) is 6.02. The van der Waals surface area contributed by atoms with Crippen molar-refractivity contribution in [2.45, 2.75) is 45.6 Å². The number of nitrogens with one attached hydrogen (secondary N) is 2. The van der Waals surface area contributed by atoms with Crippen LogP contribution in [-0.2, 0) is 9.53 Å². The van der Waals surface area contributed by atoms with E-state index in [4.69, 9.17) is 4.74 Å². The second-order valence-electron chi connectivity index (χ2n) is 6.25. The Morgan fingerprint density at radius 1 is 1.39 bits per heavy atom. The molecular weight excluding hydrogens is 228 g/mol. The summed E-state index contributed by atoms with van der Waals surface area (Å²) in [5.41, 5.74) is 0.203. The Morgan fingerprint density at radius 2 is 2.11 bits per heavy atom. The van der Waals surface area contributed by atoms with Gasteiger partial charge in [-0.1, -0.05) is 26.7 Å². The zero-order valence-corrected chi connectivity index (χ0v) is 11.6. The van der Waals surface area contributed by atoms with Crippen LogP contribution in [0, 0.1) is 11.3 Å². The first-order valence-electron chi connectivity index (χ1n) is 7.19. The number of ether oxygens (including phenoxy) is 1. The molecule has 0 aromatic carbocycles. The number of carbonyl (C=O) groups excluding carboxylic acids is 1. The van der Waals surface area contributed by atoms with Crippen molar-refractivity contribution in [3.63, 3.8) is 0 Å². The van der Waals surface area contributed by atoms with Crippen molar-refractivity contribution in [2.24, 2.45) is 11.3 Å². The molecule has 0 spiro atoms. The molecule has 1 amide bonds. The van der Waals surface area contributed by atoms with Gasteiger partial charge in [-0.25, -0.2) is 0 Å². The number of amides is 1. The summed E-state index contributed by atoms with van der Waals surface area (Å²) in [5.74, 6) is 0.788. The Kier molecular flexibility index (Phi) is 4.62. The standard InChI is InChI=1S/C14H26N2O2/c1-14(2,11-5-3-4-6-11)10-16-13(17)12-9-15-7-8-18-12/h11-12,15H,3-10H2,1-2H3,(H,16,17). The van der Waals surface area contributed by atoms with Crippen LogP contribution in [0.3, 0.4) is 0 Å². The summed E-state index contributed by atoms with van der Waals surface area (Å²) in [6.07, 6.45) is 5.00. The van der Waals surface area contributed by atoms with Crippen molar-refractivity contribution in [3.05, 3.63) is 0 Å². The fourth-order valence-electron chi connectivity index (χ4n) is 3.01. The Bertz CT molecular complexity index is 280. The molecule has 18 heavy (non-hydrogen) atoms. The van der Waals surface area contributed by atoms with Crippen LogP contribution in [0.1, 0.15) is 39.5 Å². The van der Waals surface area contributed by atoms with E-state index in [2.05, 4.69) is 24.5 Å². The fraction of sp³-hybridized carbons (Fsp3) is 0.929. The lowest BCUT2D eigenvalue weighted by Gasteiger charge is -2.33. The fourth-order valence-corrected chi connectivity index (χ4v) is 3.01. The average molecular weight is 254 g/mol. The van der Waals surface area contributed by atoms with Gasteiger partial charge in [-0.3, -0.25) is 4.79 Å². The zero-order valence-electron chi connectivity index (χ0n) is 11.6. The van der Waals surface area contributed by atoms with Crippen LogP contribution in [0.5, 0.6) is 0 Å². The molecule has 1 saturated heterocycles. The maximum atomic E-state index is 12.0. The van der Waals surface area contributed by atoms with Crippen molar-refractivity contribution in [2.75, 3.05) is 26.2 Å². The summed E-state index contributed by atoms with van der Waals surface area (Å²) in [6.45, 7) is 7.40. The van der Waals surface area contributed by atoms with Gasteiger partial charge in [0.2, 0.25) is 5.91 Å². The lowest BCUT2D eigenvalue weighted by atomic mass is 9.77. The summed E-state index contributed by atoms with van der Waals surface area (Å²) in [4.78, 5) is 12.0. The maximum absolute atomic E-state index is 12.0. The van der Waals surface area contributed by atoms with Gasteiger partial charge in [0.15, 0.2) is 0 Å². The van der Waals surface area contributed by atoms with Gasteiger partial charge in [-0.2, -0.15) is 0 Å². The maximum Gasteiger partial charge on any atom is 0.250 e. The molecule has 4 heteroatoms. The van der Waals surface area contributed by atoms with Crippen molar-refractivity contribution in [1.29, 1.82) is 0 Å². The number of rotatable bonds is 4. The van der Waals surface area contributed by atoms with Gasteiger partial charge in [0.25, 0.3) is 0 Å². The molecular formula is C14H26N2O2. The molecule has 0 radical (unpaired) electrons. The molecule has 104 valence electrons. The third-order valence-corrected chi connectivity index (χ3v) is 4.40. The minimum absolute atomic E-state index is 0.0354. The van der Waals surface area contributed by atoms with Crippen molar-refractivity contribution in [3.8, 4) is 0 Å². The van der Waals surface area contributed by atoms with E-state index in [9.17, 15) is 4.79 Å². The molecule has 1 unspecified atom stereocenters. The van der Waals surface area contributed by atoms with E-state index >= 15 is 0 Å². The predicted molar refractivity (Wildman–Crippen MR) is 71.4 cm³/mol. The van der Waals surface area contributed by atoms with Crippen molar-refractivity contribution in [1.82, 2.24) is 10.6 Å². The minimum atomic E-state index is -0.307. The van der Waals surface area contributed by atoms with Crippen LogP contribution < -0.4 is 10.6 Å². The summed E-state index contributed by atoms with van der Waals surface area (Å²) >= 11 is 0. The third kappa shape index (κ3) is 3.45. The number of carbonyl (C=O) groups is 1. The second-order valence-corrected chi connectivity index (χ2v) is 6.25. The smallest absolute Gasteiger partial charge is 0.250 e. The van der Waals surface area contributed by atoms with Crippen LogP contribution >= 0.6 is 0 Å². The van der Waals surface area contributed by atoms with E-state index in [1.807, 2.05) is 0 Å². The predicted octanol–water partition coefficient (Wildman–Crippen LogP) is 1.31. The Morgan fingerprint density at radius 3 is 2.72 bits per heavy atom. The summed E-state index contributed by atoms with van der Waals surface area (Å²) in [6, 6.07) is 0. The SMILES string of the molecule is CC(C)(CNC(=O)C1CNCCO1)C1CCCC1. The third-order valence-electron chi connectivity index (χ3n) is 4.40. The number of hydrogen-bond acceptors (Lipinski definition) is 3. The zero-order chi connectivity index (χ0) is 13.0. The van der Waals surface area contributed by atoms with Crippen LogP contribution in [-0.4, -0.2) is 38.3 Å². The molecule has 1 saturated carbocycles. The first-order valence-corrected chi connectivity index (χ1v) is 7.19. The molecule has 2 fully saturated rings. The molecule has 2 N–H and O–H groups in total.